The van der Waals surface area contributed by atoms with Gasteiger partial charge in [-0.25, -0.2) is 4.79 Å². The highest BCUT2D eigenvalue weighted by Gasteiger charge is 2.55. The Hall–Kier alpha value is -1.89. The summed E-state index contributed by atoms with van der Waals surface area (Å²) >= 11 is 1.39. The fraction of sp³-hybridized carbons (Fsp3) is 0.619. The van der Waals surface area contributed by atoms with E-state index in [9.17, 15) is 19.7 Å². The second kappa shape index (κ2) is 7.17. The van der Waals surface area contributed by atoms with Crippen molar-refractivity contribution in [3.05, 3.63) is 33.9 Å². The molecule has 0 aliphatic heterocycles. The monoisotopic (exact) mass is 403 g/mol. The van der Waals surface area contributed by atoms with E-state index in [1.807, 2.05) is 6.26 Å². The van der Waals surface area contributed by atoms with Gasteiger partial charge in [0.05, 0.1) is 4.92 Å². The Labute approximate surface area is 168 Å². The van der Waals surface area contributed by atoms with Gasteiger partial charge in [0, 0.05) is 16.4 Å². The molecule has 0 spiro atoms. The summed E-state index contributed by atoms with van der Waals surface area (Å²) in [5.74, 6) is 1.07. The van der Waals surface area contributed by atoms with Crippen LogP contribution in [0.2, 0.25) is 0 Å². The van der Waals surface area contributed by atoms with Crippen molar-refractivity contribution < 1.29 is 19.2 Å². The molecule has 4 saturated carbocycles. The Balaban J connectivity index is 1.52. The maximum absolute atomic E-state index is 13.3. The first-order chi connectivity index (χ1) is 13.3. The molecular formula is C21H25NO5S. The third kappa shape index (κ3) is 3.34. The molecule has 1 aromatic carbocycles. The Morgan fingerprint density at radius 2 is 1.75 bits per heavy atom. The first-order valence-electron chi connectivity index (χ1n) is 9.89. The molecule has 0 radical (unpaired) electrons. The highest BCUT2D eigenvalue weighted by atomic mass is 32.2. The van der Waals surface area contributed by atoms with Gasteiger partial charge in [-0.15, -0.1) is 11.8 Å². The van der Waals surface area contributed by atoms with Crippen LogP contribution in [0.15, 0.2) is 23.1 Å². The molecular weight excluding hydrogens is 378 g/mol. The van der Waals surface area contributed by atoms with Crippen molar-refractivity contribution in [1.29, 1.82) is 0 Å². The zero-order valence-electron chi connectivity index (χ0n) is 16.2. The maximum Gasteiger partial charge on any atom is 0.345 e. The molecule has 4 fully saturated rings. The topological polar surface area (TPSA) is 86.5 Å². The molecule has 5 rings (SSSR count). The normalized spacial score (nSPS) is 31.4. The number of nitro groups is 1. The number of ether oxygens (including phenoxy) is 1. The molecule has 4 aliphatic carbocycles. The molecule has 0 saturated heterocycles. The molecule has 1 aromatic rings. The average Bonchev–Trinajstić information content (AvgIpc) is 2.65. The highest BCUT2D eigenvalue weighted by molar-refractivity contribution is 7.98. The number of nitrogens with zero attached hydrogens (tertiary/aromatic N) is 1. The molecule has 6 nitrogen and oxygen atoms in total. The predicted octanol–water partition coefficient (Wildman–Crippen LogP) is 4.65. The summed E-state index contributed by atoms with van der Waals surface area (Å²) in [5, 5.41) is 11.3. The van der Waals surface area contributed by atoms with Gasteiger partial charge in [0.2, 0.25) is 0 Å². The maximum atomic E-state index is 13.3. The van der Waals surface area contributed by atoms with E-state index in [0.717, 1.165) is 24.2 Å². The molecule has 0 heterocycles. The van der Waals surface area contributed by atoms with Crippen LogP contribution in [0.3, 0.4) is 0 Å². The van der Waals surface area contributed by atoms with Crippen LogP contribution in [0.4, 0.5) is 5.69 Å². The van der Waals surface area contributed by atoms with E-state index in [1.54, 1.807) is 13.0 Å². The van der Waals surface area contributed by atoms with Crippen molar-refractivity contribution >= 4 is 29.2 Å². The van der Waals surface area contributed by atoms with Crippen LogP contribution >= 0.6 is 11.8 Å². The number of rotatable bonds is 6. The SMILES string of the molecule is CSc1ccc([N+](=O)[O-])c(C(=O)OC(C)C(=O)C23CC4CC(CC(C4)C2)C3)c1. The van der Waals surface area contributed by atoms with Gasteiger partial charge in [0.1, 0.15) is 5.56 Å². The molecule has 1 atom stereocenters. The van der Waals surface area contributed by atoms with E-state index in [4.69, 9.17) is 4.74 Å². The number of Topliss-reactive ketones (excluding diaryl/α,β-unsaturated/α-hetero) is 1. The van der Waals surface area contributed by atoms with Crippen LogP contribution in [0, 0.1) is 33.3 Å². The molecule has 4 aliphatic rings. The summed E-state index contributed by atoms with van der Waals surface area (Å²) in [7, 11) is 0. The lowest BCUT2D eigenvalue weighted by Crippen LogP contribution is -2.52. The Morgan fingerprint density at radius 1 is 1.18 bits per heavy atom. The lowest BCUT2D eigenvalue weighted by molar-refractivity contribution is -0.385. The van der Waals surface area contributed by atoms with E-state index in [0.29, 0.717) is 17.8 Å². The molecule has 28 heavy (non-hydrogen) atoms. The zero-order chi connectivity index (χ0) is 20.1. The molecule has 7 heteroatoms. The first kappa shape index (κ1) is 19.4. The summed E-state index contributed by atoms with van der Waals surface area (Å²) in [5.41, 5.74) is -0.749. The average molecular weight is 404 g/mol. The van der Waals surface area contributed by atoms with E-state index < -0.39 is 17.0 Å². The van der Waals surface area contributed by atoms with Gasteiger partial charge < -0.3 is 4.74 Å². The quantitative estimate of drug-likeness (QED) is 0.297. The number of hydrogen-bond donors (Lipinski definition) is 0. The molecule has 0 amide bonds. The van der Waals surface area contributed by atoms with Crippen LogP contribution in [0.25, 0.3) is 0 Å². The van der Waals surface area contributed by atoms with E-state index in [2.05, 4.69) is 0 Å². The van der Waals surface area contributed by atoms with Gasteiger partial charge >= 0.3 is 5.97 Å². The third-order valence-electron chi connectivity index (χ3n) is 6.83. The van der Waals surface area contributed by atoms with Gasteiger partial charge in [-0.2, -0.15) is 0 Å². The van der Waals surface area contributed by atoms with Crippen molar-refractivity contribution in [1.82, 2.24) is 0 Å². The van der Waals surface area contributed by atoms with Crippen molar-refractivity contribution in [3.8, 4) is 0 Å². The van der Waals surface area contributed by atoms with E-state index >= 15 is 0 Å². The molecule has 0 aromatic heterocycles. The van der Waals surface area contributed by atoms with E-state index in [1.165, 1.54) is 43.2 Å². The van der Waals surface area contributed by atoms with Crippen LogP contribution in [-0.2, 0) is 9.53 Å². The van der Waals surface area contributed by atoms with E-state index in [-0.39, 0.29) is 22.4 Å². The minimum absolute atomic E-state index is 0.00336. The Kier molecular flexibility index (Phi) is 4.98. The second-order valence-corrected chi connectivity index (χ2v) is 9.63. The minimum atomic E-state index is -0.888. The Bertz CT molecular complexity index is 801. The molecule has 1 unspecified atom stereocenters. The lowest BCUT2D eigenvalue weighted by atomic mass is 9.48. The number of nitro benzene ring substituents is 1. The summed E-state index contributed by atoms with van der Waals surface area (Å²) in [6.07, 6.45) is 7.35. The van der Waals surface area contributed by atoms with Crippen LogP contribution in [-0.4, -0.2) is 29.0 Å². The van der Waals surface area contributed by atoms with Gasteiger partial charge in [-0.3, -0.25) is 14.9 Å². The van der Waals surface area contributed by atoms with Crippen molar-refractivity contribution in [2.24, 2.45) is 23.2 Å². The summed E-state index contributed by atoms with van der Waals surface area (Å²) in [6, 6.07) is 4.38. The summed E-state index contributed by atoms with van der Waals surface area (Å²) in [4.78, 5) is 37.4. The molecule has 0 N–H and O–H groups in total. The number of carbonyl (C=O) groups excluding carboxylic acids is 2. The summed E-state index contributed by atoms with van der Waals surface area (Å²) < 4.78 is 5.48. The molecule has 150 valence electrons. The van der Waals surface area contributed by atoms with Crippen LogP contribution < -0.4 is 0 Å². The number of hydrogen-bond acceptors (Lipinski definition) is 6. The number of thioether (sulfide) groups is 1. The largest absolute Gasteiger partial charge is 0.451 e. The summed E-state index contributed by atoms with van der Waals surface area (Å²) in [6.45, 7) is 1.61. The Morgan fingerprint density at radius 3 is 2.25 bits per heavy atom. The molecule has 4 bridgehead atoms. The van der Waals surface area contributed by atoms with Gasteiger partial charge in [0.25, 0.3) is 5.69 Å². The second-order valence-electron chi connectivity index (χ2n) is 8.75. The number of ketones is 1. The van der Waals surface area contributed by atoms with Crippen LogP contribution in [0.1, 0.15) is 55.8 Å². The van der Waals surface area contributed by atoms with Gasteiger partial charge in [0.15, 0.2) is 11.9 Å². The number of carbonyl (C=O) groups is 2. The minimum Gasteiger partial charge on any atom is -0.451 e. The fourth-order valence-electron chi connectivity index (χ4n) is 6.09. The number of benzene rings is 1. The van der Waals surface area contributed by atoms with Crippen LogP contribution in [0.5, 0.6) is 0 Å². The third-order valence-corrected chi connectivity index (χ3v) is 7.56. The van der Waals surface area contributed by atoms with Gasteiger partial charge in [-0.1, -0.05) is 0 Å². The van der Waals surface area contributed by atoms with Gasteiger partial charge in [-0.05, 0) is 81.6 Å². The van der Waals surface area contributed by atoms with Crippen molar-refractivity contribution in [3.63, 3.8) is 0 Å². The first-order valence-corrected chi connectivity index (χ1v) is 11.1. The number of esters is 1. The predicted molar refractivity (Wildman–Crippen MR) is 105 cm³/mol. The van der Waals surface area contributed by atoms with Crippen molar-refractivity contribution in [2.75, 3.05) is 6.26 Å². The fourth-order valence-corrected chi connectivity index (χ4v) is 6.53. The standard InChI is InChI=1S/C21H25NO5S/c1-12(19(23)21-9-13-5-14(10-21)7-15(6-13)11-21)27-20(24)17-8-16(28-2)3-4-18(17)22(25)26/h3-4,8,12-15H,5-7,9-11H2,1-2H3. The smallest absolute Gasteiger partial charge is 0.345 e. The zero-order valence-corrected chi connectivity index (χ0v) is 17.0. The highest BCUT2D eigenvalue weighted by Crippen LogP contribution is 2.60. The van der Waals surface area contributed by atoms with Crippen molar-refractivity contribution in [2.45, 2.75) is 56.4 Å². The lowest BCUT2D eigenvalue weighted by Gasteiger charge is -2.56.